The van der Waals surface area contributed by atoms with Gasteiger partial charge in [0.05, 0.1) is 12.6 Å². The molecule has 0 spiro atoms. The van der Waals surface area contributed by atoms with E-state index in [-0.39, 0.29) is 19.5 Å². The summed E-state index contributed by atoms with van der Waals surface area (Å²) in [5.74, 6) is -0.944. The molecule has 8 nitrogen and oxygen atoms in total. The minimum absolute atomic E-state index is 0.103. The number of hydrogen-bond donors (Lipinski definition) is 4. The Kier molecular flexibility index (Phi) is 4.49. The lowest BCUT2D eigenvalue weighted by Crippen LogP contribution is -2.44. The molecule has 1 aromatic rings. The number of aromatic nitrogens is 1. The number of amides is 1. The molecule has 0 saturated carbocycles. The Morgan fingerprint density at radius 2 is 2.25 bits per heavy atom. The normalized spacial score (nSPS) is 22.4. The number of rotatable bonds is 5. The second-order valence-corrected chi connectivity index (χ2v) is 4.56. The van der Waals surface area contributed by atoms with E-state index in [4.69, 9.17) is 5.11 Å². The van der Waals surface area contributed by atoms with Crippen molar-refractivity contribution in [2.75, 3.05) is 18.5 Å². The van der Waals surface area contributed by atoms with Crippen LogP contribution in [0.2, 0.25) is 0 Å². The zero-order valence-electron chi connectivity index (χ0n) is 10.7. The summed E-state index contributed by atoms with van der Waals surface area (Å²) in [5, 5.41) is 18.5. The van der Waals surface area contributed by atoms with E-state index in [0.717, 1.165) is 0 Å². The summed E-state index contributed by atoms with van der Waals surface area (Å²) in [5.41, 5.74) is 5.06. The van der Waals surface area contributed by atoms with Gasteiger partial charge in [0.1, 0.15) is 11.9 Å². The number of carboxylic acid groups (broad SMARTS) is 1. The van der Waals surface area contributed by atoms with E-state index in [1.807, 2.05) is 0 Å². The lowest BCUT2D eigenvalue weighted by Gasteiger charge is -2.20. The Hall–Kier alpha value is -2.19. The van der Waals surface area contributed by atoms with Crippen molar-refractivity contribution in [2.24, 2.45) is 0 Å². The molecule has 2 unspecified atom stereocenters. The number of aliphatic carboxylic acids is 1. The SMILES string of the molecule is O=C(CN1CC(O)CC1C(=O)O)NNc1ccccn1. The van der Waals surface area contributed by atoms with Crippen molar-refractivity contribution in [1.29, 1.82) is 0 Å². The van der Waals surface area contributed by atoms with E-state index in [1.165, 1.54) is 4.90 Å². The average Bonchev–Trinajstić information content (AvgIpc) is 2.79. The summed E-state index contributed by atoms with van der Waals surface area (Å²) in [4.78, 5) is 28.1. The largest absolute Gasteiger partial charge is 0.480 e. The summed E-state index contributed by atoms with van der Waals surface area (Å²) >= 11 is 0. The van der Waals surface area contributed by atoms with Crippen molar-refractivity contribution in [3.05, 3.63) is 24.4 Å². The molecule has 0 bridgehead atoms. The molecule has 1 amide bonds. The van der Waals surface area contributed by atoms with E-state index in [1.54, 1.807) is 24.4 Å². The van der Waals surface area contributed by atoms with Gasteiger partial charge >= 0.3 is 5.97 Å². The highest BCUT2D eigenvalue weighted by molar-refractivity contribution is 5.81. The van der Waals surface area contributed by atoms with Gasteiger partial charge in [-0.3, -0.25) is 25.3 Å². The average molecular weight is 280 g/mol. The van der Waals surface area contributed by atoms with Crippen LogP contribution in [-0.2, 0) is 9.59 Å². The van der Waals surface area contributed by atoms with Crippen LogP contribution in [0, 0.1) is 0 Å². The van der Waals surface area contributed by atoms with Crippen molar-refractivity contribution >= 4 is 17.7 Å². The molecule has 1 aromatic heterocycles. The first-order chi connectivity index (χ1) is 9.56. The number of hydrazine groups is 1. The molecular weight excluding hydrogens is 264 g/mol. The summed E-state index contributed by atoms with van der Waals surface area (Å²) in [6.45, 7) is 0.0713. The number of carbonyl (C=O) groups excluding carboxylic acids is 1. The van der Waals surface area contributed by atoms with Crippen molar-refractivity contribution in [2.45, 2.75) is 18.6 Å². The maximum atomic E-state index is 11.7. The molecule has 0 radical (unpaired) electrons. The van der Waals surface area contributed by atoms with E-state index in [9.17, 15) is 14.7 Å². The Balaban J connectivity index is 1.83. The van der Waals surface area contributed by atoms with Gasteiger partial charge in [0, 0.05) is 19.2 Å². The minimum atomic E-state index is -1.04. The Morgan fingerprint density at radius 1 is 1.45 bits per heavy atom. The Labute approximate surface area is 115 Å². The third-order valence-corrected chi connectivity index (χ3v) is 3.01. The van der Waals surface area contributed by atoms with Gasteiger partial charge in [-0.05, 0) is 12.1 Å². The number of β-amino-alcohol motifs (C(OH)–C–C–N with tert-alkyl or cyclic N) is 1. The molecule has 1 saturated heterocycles. The molecule has 0 aromatic carbocycles. The smallest absolute Gasteiger partial charge is 0.321 e. The van der Waals surface area contributed by atoms with Crippen molar-refractivity contribution in [1.82, 2.24) is 15.3 Å². The fourth-order valence-electron chi connectivity index (χ4n) is 2.11. The summed E-state index contributed by atoms with van der Waals surface area (Å²) < 4.78 is 0. The van der Waals surface area contributed by atoms with Crippen molar-refractivity contribution in [3.63, 3.8) is 0 Å². The number of aliphatic hydroxyl groups excluding tert-OH is 1. The van der Waals surface area contributed by atoms with Gasteiger partial charge in [-0.25, -0.2) is 4.98 Å². The van der Waals surface area contributed by atoms with Crippen LogP contribution in [0.4, 0.5) is 5.82 Å². The fourth-order valence-corrected chi connectivity index (χ4v) is 2.11. The maximum Gasteiger partial charge on any atom is 0.321 e. The highest BCUT2D eigenvalue weighted by Crippen LogP contribution is 2.17. The lowest BCUT2D eigenvalue weighted by molar-refractivity contribution is -0.142. The predicted molar refractivity (Wildman–Crippen MR) is 69.6 cm³/mol. The minimum Gasteiger partial charge on any atom is -0.480 e. The highest BCUT2D eigenvalue weighted by Gasteiger charge is 2.36. The Morgan fingerprint density at radius 3 is 2.90 bits per heavy atom. The van der Waals surface area contributed by atoms with Crippen LogP contribution in [0.15, 0.2) is 24.4 Å². The molecule has 20 heavy (non-hydrogen) atoms. The van der Waals surface area contributed by atoms with Crippen LogP contribution < -0.4 is 10.9 Å². The van der Waals surface area contributed by atoms with Crippen LogP contribution in [0.25, 0.3) is 0 Å². The molecule has 2 rings (SSSR count). The molecule has 1 aliphatic heterocycles. The summed E-state index contributed by atoms with van der Waals surface area (Å²) in [6.07, 6.45) is 0.995. The van der Waals surface area contributed by atoms with Crippen LogP contribution in [0.3, 0.4) is 0 Å². The van der Waals surface area contributed by atoms with Crippen LogP contribution in [0.1, 0.15) is 6.42 Å². The van der Waals surface area contributed by atoms with E-state index in [2.05, 4.69) is 15.8 Å². The number of aliphatic hydroxyl groups is 1. The maximum absolute atomic E-state index is 11.7. The van der Waals surface area contributed by atoms with Gasteiger partial charge in [-0.2, -0.15) is 0 Å². The van der Waals surface area contributed by atoms with Gasteiger partial charge in [0.2, 0.25) is 0 Å². The number of hydrogen-bond acceptors (Lipinski definition) is 6. The van der Waals surface area contributed by atoms with Gasteiger partial charge < -0.3 is 10.2 Å². The zero-order chi connectivity index (χ0) is 14.5. The Bertz CT molecular complexity index is 482. The predicted octanol–water partition coefficient (Wildman–Crippen LogP) is -0.955. The van der Waals surface area contributed by atoms with Crippen LogP contribution >= 0.6 is 0 Å². The molecule has 108 valence electrons. The van der Waals surface area contributed by atoms with E-state index >= 15 is 0 Å². The van der Waals surface area contributed by atoms with Crippen molar-refractivity contribution < 1.29 is 19.8 Å². The van der Waals surface area contributed by atoms with Gasteiger partial charge in [-0.15, -0.1) is 0 Å². The number of likely N-dealkylation sites (tertiary alicyclic amines) is 1. The fraction of sp³-hybridized carbons (Fsp3) is 0.417. The monoisotopic (exact) mass is 280 g/mol. The zero-order valence-corrected chi connectivity index (χ0v) is 10.7. The third kappa shape index (κ3) is 3.65. The molecule has 1 aliphatic rings. The summed E-state index contributed by atoms with van der Waals surface area (Å²) in [6, 6.07) is 4.36. The van der Waals surface area contributed by atoms with E-state index < -0.39 is 24.0 Å². The molecule has 4 N–H and O–H groups in total. The van der Waals surface area contributed by atoms with Crippen LogP contribution in [-0.4, -0.2) is 57.2 Å². The molecule has 2 heterocycles. The first kappa shape index (κ1) is 14.2. The number of nitrogens with zero attached hydrogens (tertiary/aromatic N) is 2. The van der Waals surface area contributed by atoms with Crippen LogP contribution in [0.5, 0.6) is 0 Å². The topological polar surface area (TPSA) is 115 Å². The molecular formula is C12H16N4O4. The molecule has 8 heteroatoms. The quantitative estimate of drug-likeness (QED) is 0.514. The molecule has 0 aliphatic carbocycles. The standard InChI is InChI=1S/C12H16N4O4/c17-8-5-9(12(19)20)16(6-8)7-11(18)15-14-10-3-1-2-4-13-10/h1-4,8-9,17H,5-7H2,(H,13,14)(H,15,18)(H,19,20). The molecule has 1 fully saturated rings. The van der Waals surface area contributed by atoms with Gasteiger partial charge in [0.25, 0.3) is 5.91 Å². The first-order valence-corrected chi connectivity index (χ1v) is 6.17. The number of carbonyl (C=O) groups is 2. The number of pyridine rings is 1. The lowest BCUT2D eigenvalue weighted by atomic mass is 10.2. The van der Waals surface area contributed by atoms with E-state index in [0.29, 0.717) is 5.82 Å². The van der Waals surface area contributed by atoms with Gasteiger partial charge in [0.15, 0.2) is 0 Å². The van der Waals surface area contributed by atoms with Crippen molar-refractivity contribution in [3.8, 4) is 0 Å². The van der Waals surface area contributed by atoms with Gasteiger partial charge in [-0.1, -0.05) is 6.07 Å². The first-order valence-electron chi connectivity index (χ1n) is 6.17. The molecule has 2 atom stereocenters. The summed E-state index contributed by atoms with van der Waals surface area (Å²) in [7, 11) is 0. The number of nitrogens with one attached hydrogen (secondary N) is 2. The number of anilines is 1. The third-order valence-electron chi connectivity index (χ3n) is 3.01. The number of carboxylic acids is 1. The second kappa shape index (κ2) is 6.31. The second-order valence-electron chi connectivity index (χ2n) is 4.56. The highest BCUT2D eigenvalue weighted by atomic mass is 16.4.